The van der Waals surface area contributed by atoms with Gasteiger partial charge in [-0.25, -0.2) is 4.79 Å². The van der Waals surface area contributed by atoms with E-state index in [2.05, 4.69) is 23.7 Å². The van der Waals surface area contributed by atoms with Crippen LogP contribution in [0.25, 0.3) is 0 Å². The molecule has 0 saturated heterocycles. The first-order valence-corrected chi connectivity index (χ1v) is 13.9. The largest absolute Gasteiger partial charge is 0.494 e. The van der Waals surface area contributed by atoms with Crippen LogP contribution in [0.1, 0.15) is 84.0 Å². The number of hydrogen-bond donors (Lipinski definition) is 0. The van der Waals surface area contributed by atoms with E-state index in [9.17, 15) is 4.79 Å². The fourth-order valence-electron chi connectivity index (χ4n) is 3.74. The summed E-state index contributed by atoms with van der Waals surface area (Å²) >= 11 is 0. The Bertz CT molecular complexity index is 894. The predicted octanol–water partition coefficient (Wildman–Crippen LogP) is 9.29. The molecule has 0 unspecified atom stereocenters. The third-order valence-electron chi connectivity index (χ3n) is 5.94. The van der Waals surface area contributed by atoms with Crippen LogP contribution in [0.4, 0.5) is 11.4 Å². The summed E-state index contributed by atoms with van der Waals surface area (Å²) in [4.78, 5) is 11.0. The van der Waals surface area contributed by atoms with Crippen molar-refractivity contribution in [1.82, 2.24) is 0 Å². The molecule has 202 valence electrons. The first-order valence-electron chi connectivity index (χ1n) is 13.9. The van der Waals surface area contributed by atoms with Crippen LogP contribution in [0.15, 0.2) is 71.4 Å². The lowest BCUT2D eigenvalue weighted by atomic mass is 10.1. The summed E-state index contributed by atoms with van der Waals surface area (Å²) in [7, 11) is 0. The topological polar surface area (TPSA) is 69.5 Å². The second-order valence-electron chi connectivity index (χ2n) is 9.15. The summed E-state index contributed by atoms with van der Waals surface area (Å²) in [6, 6.07) is 15.4. The number of carbonyl (C=O) groups is 1. The molecule has 0 aliphatic carbocycles. The van der Waals surface area contributed by atoms with Crippen molar-refractivity contribution in [3.63, 3.8) is 0 Å². The molecule has 0 spiro atoms. The van der Waals surface area contributed by atoms with Gasteiger partial charge in [0.05, 0.1) is 31.2 Å². The van der Waals surface area contributed by atoms with E-state index in [4.69, 9.17) is 14.2 Å². The minimum atomic E-state index is -0.363. The number of rotatable bonds is 21. The van der Waals surface area contributed by atoms with E-state index < -0.39 is 0 Å². The quantitative estimate of drug-likeness (QED) is 0.0729. The van der Waals surface area contributed by atoms with Crippen molar-refractivity contribution in [2.45, 2.75) is 84.0 Å². The monoisotopic (exact) mass is 508 g/mol. The van der Waals surface area contributed by atoms with Crippen molar-refractivity contribution >= 4 is 17.3 Å². The molecule has 0 aromatic heterocycles. The van der Waals surface area contributed by atoms with E-state index in [0.29, 0.717) is 13.2 Å². The van der Waals surface area contributed by atoms with Crippen molar-refractivity contribution < 1.29 is 19.0 Å². The maximum atomic E-state index is 11.0. The number of ether oxygens (including phenoxy) is 3. The summed E-state index contributed by atoms with van der Waals surface area (Å²) in [5, 5.41) is 8.63. The normalized spacial score (nSPS) is 10.9. The SMILES string of the molecule is C=CC(=O)OCCCCCCOc1ccc(N=Nc2ccc(OCCCCCCCCCC)cc2)cc1. The fraction of sp³-hybridized carbons (Fsp3) is 0.516. The average Bonchev–Trinajstić information content (AvgIpc) is 2.93. The second kappa shape index (κ2) is 20.0. The molecule has 2 aromatic rings. The molecule has 37 heavy (non-hydrogen) atoms. The third kappa shape index (κ3) is 14.9. The molecule has 0 atom stereocenters. The van der Waals surface area contributed by atoms with E-state index in [1.165, 1.54) is 51.0 Å². The predicted molar refractivity (Wildman–Crippen MR) is 150 cm³/mol. The van der Waals surface area contributed by atoms with Gasteiger partial charge in [-0.15, -0.1) is 0 Å². The molecule has 0 fully saturated rings. The summed E-state index contributed by atoms with van der Waals surface area (Å²) in [6.45, 7) is 7.49. The molecule has 0 amide bonds. The van der Waals surface area contributed by atoms with Crippen molar-refractivity contribution in [2.24, 2.45) is 10.2 Å². The highest BCUT2D eigenvalue weighted by atomic mass is 16.5. The number of esters is 1. The smallest absolute Gasteiger partial charge is 0.330 e. The zero-order chi connectivity index (χ0) is 26.4. The first-order chi connectivity index (χ1) is 18.2. The highest BCUT2D eigenvalue weighted by Crippen LogP contribution is 2.23. The van der Waals surface area contributed by atoms with E-state index in [1.54, 1.807) is 0 Å². The Balaban J connectivity index is 1.56. The molecule has 0 N–H and O–H groups in total. The zero-order valence-electron chi connectivity index (χ0n) is 22.5. The van der Waals surface area contributed by atoms with Crippen molar-refractivity contribution in [3.05, 3.63) is 61.2 Å². The molecule has 0 saturated carbocycles. The van der Waals surface area contributed by atoms with Gasteiger partial charge in [-0.05, 0) is 80.6 Å². The molecule has 2 rings (SSSR count). The Morgan fingerprint density at radius 3 is 1.49 bits per heavy atom. The van der Waals surface area contributed by atoms with Crippen LogP contribution in [-0.2, 0) is 9.53 Å². The highest BCUT2D eigenvalue weighted by molar-refractivity contribution is 5.81. The van der Waals surface area contributed by atoms with Gasteiger partial charge in [0.1, 0.15) is 11.5 Å². The van der Waals surface area contributed by atoms with Crippen LogP contribution >= 0.6 is 0 Å². The van der Waals surface area contributed by atoms with Gasteiger partial charge in [0.25, 0.3) is 0 Å². The van der Waals surface area contributed by atoms with Crippen LogP contribution in [0.3, 0.4) is 0 Å². The van der Waals surface area contributed by atoms with Crippen molar-refractivity contribution in [2.75, 3.05) is 19.8 Å². The van der Waals surface area contributed by atoms with Gasteiger partial charge in [-0.1, -0.05) is 58.4 Å². The summed E-state index contributed by atoms with van der Waals surface area (Å²) in [5.41, 5.74) is 1.57. The molecule has 6 nitrogen and oxygen atoms in total. The number of carbonyl (C=O) groups excluding carboxylic acids is 1. The summed E-state index contributed by atoms with van der Waals surface area (Å²) in [5.74, 6) is 1.33. The van der Waals surface area contributed by atoms with Gasteiger partial charge >= 0.3 is 5.97 Å². The van der Waals surface area contributed by atoms with E-state index in [1.807, 2.05) is 48.5 Å². The molecule has 0 aliphatic heterocycles. The lowest BCUT2D eigenvalue weighted by molar-refractivity contribution is -0.137. The molecule has 0 heterocycles. The Morgan fingerprint density at radius 1 is 0.649 bits per heavy atom. The minimum absolute atomic E-state index is 0.363. The summed E-state index contributed by atoms with van der Waals surface area (Å²) < 4.78 is 16.6. The van der Waals surface area contributed by atoms with E-state index in [0.717, 1.165) is 61.6 Å². The zero-order valence-corrected chi connectivity index (χ0v) is 22.5. The van der Waals surface area contributed by atoms with Crippen LogP contribution in [0.5, 0.6) is 11.5 Å². The van der Waals surface area contributed by atoms with Crippen molar-refractivity contribution in [1.29, 1.82) is 0 Å². The van der Waals surface area contributed by atoms with Crippen LogP contribution in [-0.4, -0.2) is 25.8 Å². The molecule has 6 heteroatoms. The van der Waals surface area contributed by atoms with Crippen LogP contribution in [0, 0.1) is 0 Å². The van der Waals surface area contributed by atoms with E-state index >= 15 is 0 Å². The van der Waals surface area contributed by atoms with Gasteiger partial charge < -0.3 is 14.2 Å². The van der Waals surface area contributed by atoms with Gasteiger partial charge in [-0.3, -0.25) is 0 Å². The lowest BCUT2D eigenvalue weighted by Crippen LogP contribution is -2.02. The molecule has 0 radical (unpaired) electrons. The number of benzene rings is 2. The van der Waals surface area contributed by atoms with Gasteiger partial charge in [-0.2, -0.15) is 10.2 Å². The number of unbranched alkanes of at least 4 members (excludes halogenated alkanes) is 10. The number of nitrogens with zero attached hydrogens (tertiary/aromatic N) is 2. The maximum Gasteiger partial charge on any atom is 0.330 e. The molecule has 0 aliphatic rings. The molecular formula is C31H44N2O4. The highest BCUT2D eigenvalue weighted by Gasteiger charge is 1.99. The average molecular weight is 509 g/mol. The van der Waals surface area contributed by atoms with Gasteiger partial charge in [0, 0.05) is 6.08 Å². The second-order valence-corrected chi connectivity index (χ2v) is 9.15. The third-order valence-corrected chi connectivity index (χ3v) is 5.94. The Morgan fingerprint density at radius 2 is 1.05 bits per heavy atom. The molecular weight excluding hydrogens is 464 g/mol. The lowest BCUT2D eigenvalue weighted by Gasteiger charge is -2.07. The van der Waals surface area contributed by atoms with Crippen LogP contribution < -0.4 is 9.47 Å². The number of hydrogen-bond acceptors (Lipinski definition) is 6. The van der Waals surface area contributed by atoms with Gasteiger partial charge in [0.2, 0.25) is 0 Å². The standard InChI is InChI=1S/C31H44N2O4/c1-3-5-6-7-8-9-10-13-24-35-29-20-16-27(17-21-29)32-33-28-18-22-30(23-19-28)36-25-14-11-12-15-26-37-31(34)4-2/h4,16-23H,2-3,5-15,24-26H2,1H3. The maximum absolute atomic E-state index is 11.0. The minimum Gasteiger partial charge on any atom is -0.494 e. The van der Waals surface area contributed by atoms with E-state index in [-0.39, 0.29) is 5.97 Å². The number of azo groups is 1. The van der Waals surface area contributed by atoms with Gasteiger partial charge in [0.15, 0.2) is 0 Å². The summed E-state index contributed by atoms with van der Waals surface area (Å²) in [6.07, 6.45) is 15.4. The van der Waals surface area contributed by atoms with Crippen LogP contribution in [0.2, 0.25) is 0 Å². The molecule has 0 bridgehead atoms. The fourth-order valence-corrected chi connectivity index (χ4v) is 3.74. The Hall–Kier alpha value is -3.15. The first kappa shape index (κ1) is 30.1. The van der Waals surface area contributed by atoms with Crippen molar-refractivity contribution in [3.8, 4) is 11.5 Å². The Kier molecular flexibility index (Phi) is 16.2. The Labute approximate surface area is 223 Å². The molecule has 2 aromatic carbocycles.